The summed E-state index contributed by atoms with van der Waals surface area (Å²) in [6.07, 6.45) is 0. The number of hydrogen-bond donors (Lipinski definition) is 1. The Morgan fingerprint density at radius 2 is 1.94 bits per heavy atom. The zero-order valence-electron chi connectivity index (χ0n) is 9.90. The van der Waals surface area contributed by atoms with Gasteiger partial charge in [-0.2, -0.15) is 0 Å². The van der Waals surface area contributed by atoms with Crippen LogP contribution in [0.3, 0.4) is 0 Å². The van der Waals surface area contributed by atoms with Crippen LogP contribution in [-0.4, -0.2) is 10.5 Å². The Bertz CT molecular complexity index is 598. The molecule has 86 valence electrons. The molecule has 1 aromatic heterocycles. The number of rotatable bonds is 0. The largest absolute Gasteiger partial charge is 0.344 e. The van der Waals surface area contributed by atoms with Gasteiger partial charge in [-0.25, -0.2) is 0 Å². The summed E-state index contributed by atoms with van der Waals surface area (Å²) in [6, 6.07) is 11.9. The maximum Gasteiger partial charge on any atom is 0.253 e. The molecule has 0 spiro atoms. The van der Waals surface area contributed by atoms with E-state index >= 15 is 0 Å². The normalized spacial score (nSPS) is 18.0. The van der Waals surface area contributed by atoms with E-state index in [4.69, 9.17) is 0 Å². The molecule has 1 atom stereocenters. The fourth-order valence-electron chi connectivity index (χ4n) is 2.43. The molecule has 0 fully saturated rings. The molecule has 0 saturated heterocycles. The van der Waals surface area contributed by atoms with Gasteiger partial charge in [-0.15, -0.1) is 0 Å². The Balaban J connectivity index is 2.36. The molecule has 1 unspecified atom stereocenters. The molecule has 0 saturated carbocycles. The maximum absolute atomic E-state index is 12.1. The lowest BCUT2D eigenvalue weighted by atomic mass is 10.1. The number of para-hydroxylation sites is 1. The fourth-order valence-corrected chi connectivity index (χ4v) is 2.43. The first-order valence-electron chi connectivity index (χ1n) is 5.77. The van der Waals surface area contributed by atoms with Gasteiger partial charge >= 0.3 is 0 Å². The Hall–Kier alpha value is -2.03. The molecule has 1 aliphatic heterocycles. The van der Waals surface area contributed by atoms with Crippen LogP contribution >= 0.6 is 0 Å². The topological polar surface area (TPSA) is 34.0 Å². The van der Waals surface area contributed by atoms with Crippen molar-refractivity contribution in [2.75, 3.05) is 0 Å². The van der Waals surface area contributed by atoms with Crippen molar-refractivity contribution in [1.29, 1.82) is 0 Å². The Kier molecular flexibility index (Phi) is 2.08. The number of aryl methyl sites for hydroxylation is 1. The fraction of sp³-hybridized carbons (Fsp3) is 0.214. The zero-order valence-corrected chi connectivity index (χ0v) is 9.90. The first kappa shape index (κ1) is 10.1. The van der Waals surface area contributed by atoms with Crippen LogP contribution in [0.2, 0.25) is 0 Å². The predicted molar refractivity (Wildman–Crippen MR) is 66.4 cm³/mol. The summed E-state index contributed by atoms with van der Waals surface area (Å²) in [6.45, 7) is 4.07. The van der Waals surface area contributed by atoms with Gasteiger partial charge in [0.05, 0.1) is 17.3 Å². The van der Waals surface area contributed by atoms with E-state index < -0.39 is 0 Å². The zero-order chi connectivity index (χ0) is 12.0. The third-order valence-electron chi connectivity index (χ3n) is 3.29. The number of benzene rings is 1. The van der Waals surface area contributed by atoms with Crippen LogP contribution in [0.1, 0.15) is 34.7 Å². The number of carbonyl (C=O) groups is 1. The highest BCUT2D eigenvalue weighted by Gasteiger charge is 2.24. The van der Waals surface area contributed by atoms with Crippen LogP contribution in [0, 0.1) is 6.92 Å². The van der Waals surface area contributed by atoms with E-state index in [-0.39, 0.29) is 11.9 Å². The highest BCUT2D eigenvalue weighted by molar-refractivity contribution is 5.98. The number of nitrogens with zero attached hydrogens (tertiary/aromatic N) is 1. The summed E-state index contributed by atoms with van der Waals surface area (Å²) < 4.78 is 2.15. The average molecular weight is 226 g/mol. The van der Waals surface area contributed by atoms with Gasteiger partial charge in [0, 0.05) is 11.4 Å². The van der Waals surface area contributed by atoms with Gasteiger partial charge in [-0.05, 0) is 38.1 Å². The van der Waals surface area contributed by atoms with Crippen molar-refractivity contribution in [3.63, 3.8) is 0 Å². The summed E-state index contributed by atoms with van der Waals surface area (Å²) in [5.41, 5.74) is 3.97. The first-order chi connectivity index (χ1) is 8.18. The molecule has 0 bridgehead atoms. The van der Waals surface area contributed by atoms with Gasteiger partial charge in [0.2, 0.25) is 0 Å². The maximum atomic E-state index is 12.1. The van der Waals surface area contributed by atoms with Crippen molar-refractivity contribution < 1.29 is 4.79 Å². The minimum absolute atomic E-state index is 0.00352. The van der Waals surface area contributed by atoms with Crippen LogP contribution in [0.15, 0.2) is 36.4 Å². The smallest absolute Gasteiger partial charge is 0.253 e. The van der Waals surface area contributed by atoms with Crippen molar-refractivity contribution in [3.05, 3.63) is 53.3 Å². The number of fused-ring (bicyclic) bond motifs is 3. The van der Waals surface area contributed by atoms with E-state index in [0.717, 1.165) is 22.6 Å². The molecule has 3 nitrogen and oxygen atoms in total. The summed E-state index contributed by atoms with van der Waals surface area (Å²) in [4.78, 5) is 12.1. The third-order valence-corrected chi connectivity index (χ3v) is 3.29. The number of amides is 1. The van der Waals surface area contributed by atoms with Crippen LogP contribution in [0.4, 0.5) is 0 Å². The Morgan fingerprint density at radius 3 is 2.76 bits per heavy atom. The minimum atomic E-state index is -0.00352. The average Bonchev–Trinajstić information content (AvgIpc) is 2.66. The van der Waals surface area contributed by atoms with Crippen LogP contribution in [0.25, 0.3) is 5.69 Å². The minimum Gasteiger partial charge on any atom is -0.344 e. The predicted octanol–water partition coefficient (Wildman–Crippen LogP) is 2.59. The molecule has 2 heterocycles. The second-order valence-electron chi connectivity index (χ2n) is 4.45. The van der Waals surface area contributed by atoms with Gasteiger partial charge < -0.3 is 9.88 Å². The molecule has 3 rings (SSSR count). The Labute approximate surface area is 100 Å². The molecule has 0 radical (unpaired) electrons. The van der Waals surface area contributed by atoms with E-state index in [1.807, 2.05) is 31.2 Å². The van der Waals surface area contributed by atoms with Crippen LogP contribution < -0.4 is 5.32 Å². The summed E-state index contributed by atoms with van der Waals surface area (Å²) in [5.74, 6) is -0.00352. The Morgan fingerprint density at radius 1 is 1.18 bits per heavy atom. The molecular weight excluding hydrogens is 212 g/mol. The van der Waals surface area contributed by atoms with Gasteiger partial charge in [0.1, 0.15) is 0 Å². The van der Waals surface area contributed by atoms with Crippen LogP contribution in [0.5, 0.6) is 0 Å². The molecular formula is C14H14N2O. The van der Waals surface area contributed by atoms with Gasteiger partial charge in [-0.3, -0.25) is 4.79 Å². The number of aromatic nitrogens is 1. The van der Waals surface area contributed by atoms with Gasteiger partial charge in [0.25, 0.3) is 5.91 Å². The molecule has 2 aromatic rings. The second-order valence-corrected chi connectivity index (χ2v) is 4.45. The molecule has 17 heavy (non-hydrogen) atoms. The number of nitrogens with one attached hydrogen (secondary N) is 1. The molecule has 1 aromatic carbocycles. The van der Waals surface area contributed by atoms with E-state index in [1.165, 1.54) is 0 Å². The molecule has 1 aliphatic rings. The third kappa shape index (κ3) is 1.39. The standard InChI is InChI=1S/C14H14N2O/c1-9-7-8-12-10(2)15-14(17)11-5-3-4-6-13(11)16(9)12/h3-8,10H,1-2H3,(H,15,17). The lowest BCUT2D eigenvalue weighted by Gasteiger charge is -2.13. The number of hydrogen-bond acceptors (Lipinski definition) is 1. The highest BCUT2D eigenvalue weighted by Crippen LogP contribution is 2.27. The SMILES string of the molecule is Cc1ccc2n1-c1ccccc1C(=O)NC2C. The van der Waals surface area contributed by atoms with Crippen LogP contribution in [-0.2, 0) is 0 Å². The lowest BCUT2D eigenvalue weighted by molar-refractivity contribution is 0.0942. The van der Waals surface area contributed by atoms with E-state index in [1.54, 1.807) is 0 Å². The molecule has 3 heteroatoms. The van der Waals surface area contributed by atoms with Crippen molar-refractivity contribution in [1.82, 2.24) is 9.88 Å². The van der Waals surface area contributed by atoms with E-state index in [2.05, 4.69) is 28.9 Å². The van der Waals surface area contributed by atoms with E-state index in [0.29, 0.717) is 0 Å². The van der Waals surface area contributed by atoms with Gasteiger partial charge in [0.15, 0.2) is 0 Å². The van der Waals surface area contributed by atoms with Crippen molar-refractivity contribution >= 4 is 5.91 Å². The van der Waals surface area contributed by atoms with Crippen molar-refractivity contribution in [2.24, 2.45) is 0 Å². The molecule has 0 aliphatic carbocycles. The summed E-state index contributed by atoms with van der Waals surface area (Å²) in [7, 11) is 0. The van der Waals surface area contributed by atoms with Gasteiger partial charge in [-0.1, -0.05) is 12.1 Å². The van der Waals surface area contributed by atoms with Crippen molar-refractivity contribution in [2.45, 2.75) is 19.9 Å². The molecule has 1 N–H and O–H groups in total. The van der Waals surface area contributed by atoms with E-state index in [9.17, 15) is 4.79 Å². The monoisotopic (exact) mass is 226 g/mol. The quantitative estimate of drug-likeness (QED) is 0.736. The second kappa shape index (κ2) is 3.48. The highest BCUT2D eigenvalue weighted by atomic mass is 16.1. The lowest BCUT2D eigenvalue weighted by Crippen LogP contribution is -2.25. The first-order valence-corrected chi connectivity index (χ1v) is 5.77. The number of carbonyl (C=O) groups excluding carboxylic acids is 1. The van der Waals surface area contributed by atoms with Crippen molar-refractivity contribution in [3.8, 4) is 5.69 Å². The summed E-state index contributed by atoms with van der Waals surface area (Å²) in [5, 5.41) is 3.01. The summed E-state index contributed by atoms with van der Waals surface area (Å²) >= 11 is 0. The molecule has 1 amide bonds.